The van der Waals surface area contributed by atoms with Gasteiger partial charge in [-0.2, -0.15) is 0 Å². The Morgan fingerprint density at radius 3 is 1.71 bits per heavy atom. The first kappa shape index (κ1) is 51.1. The summed E-state index contributed by atoms with van der Waals surface area (Å²) in [6.07, 6.45) is 0.467. The van der Waals surface area contributed by atoms with Crippen LogP contribution in [0.3, 0.4) is 0 Å². The van der Waals surface area contributed by atoms with Crippen LogP contribution in [0.1, 0.15) is 57.9 Å². The molecule has 330 valence electrons. The van der Waals surface area contributed by atoms with Crippen molar-refractivity contribution in [2.45, 2.75) is 101 Å². The summed E-state index contributed by atoms with van der Waals surface area (Å²) >= 11 is 0. The van der Waals surface area contributed by atoms with Crippen LogP contribution in [-0.4, -0.2) is 137 Å². The van der Waals surface area contributed by atoms with Crippen molar-refractivity contribution in [3.05, 3.63) is 35.9 Å². The van der Waals surface area contributed by atoms with Crippen LogP contribution in [0.4, 0.5) is 0 Å². The maximum atomic E-state index is 13.8. The zero-order valence-electron chi connectivity index (χ0n) is 33.2. The van der Waals surface area contributed by atoms with E-state index in [1.54, 1.807) is 44.2 Å². The topological polar surface area (TPSA) is 412 Å². The van der Waals surface area contributed by atoms with Gasteiger partial charge in [0.25, 0.3) is 0 Å². The lowest BCUT2D eigenvalue weighted by Gasteiger charge is -2.27. The lowest BCUT2D eigenvalue weighted by Crippen LogP contribution is -2.61. The largest absolute Gasteiger partial charge is 0.480 e. The number of carboxylic acids is 1. The number of aliphatic imine (C=N–C) groups is 1. The Balaban J connectivity index is 3.32. The van der Waals surface area contributed by atoms with Crippen molar-refractivity contribution in [1.82, 2.24) is 31.9 Å². The highest BCUT2D eigenvalue weighted by Crippen LogP contribution is 2.09. The highest BCUT2D eigenvalue weighted by Gasteiger charge is 2.34. The molecule has 0 spiro atoms. The van der Waals surface area contributed by atoms with E-state index in [1.807, 2.05) is 0 Å². The number of nitrogens with one attached hydrogen (secondary N) is 6. The van der Waals surface area contributed by atoms with E-state index >= 15 is 0 Å². The molecule has 0 aliphatic heterocycles. The van der Waals surface area contributed by atoms with E-state index in [4.69, 9.17) is 28.7 Å². The van der Waals surface area contributed by atoms with Gasteiger partial charge in [0, 0.05) is 13.0 Å². The van der Waals surface area contributed by atoms with Crippen LogP contribution in [0, 0.1) is 5.92 Å². The number of aliphatic hydroxyl groups excluding tert-OH is 2. The van der Waals surface area contributed by atoms with Crippen molar-refractivity contribution in [3.8, 4) is 0 Å². The summed E-state index contributed by atoms with van der Waals surface area (Å²) in [7, 11) is 0. The van der Waals surface area contributed by atoms with Crippen LogP contribution in [0.15, 0.2) is 35.3 Å². The highest BCUT2D eigenvalue weighted by molar-refractivity contribution is 5.98. The molecule has 0 fully saturated rings. The first-order chi connectivity index (χ1) is 27.8. The number of primary amides is 1. The lowest BCUT2D eigenvalue weighted by molar-refractivity contribution is -0.143. The number of hydrogen-bond donors (Lipinski definition) is 14. The fourth-order valence-electron chi connectivity index (χ4n) is 5.41. The molecule has 0 aliphatic carbocycles. The number of carboxylic acid groups (broad SMARTS) is 1. The van der Waals surface area contributed by atoms with Crippen molar-refractivity contribution in [3.63, 3.8) is 0 Å². The molecule has 0 unspecified atom stereocenters. The predicted octanol–water partition coefficient (Wildman–Crippen LogP) is -5.75. The fourth-order valence-corrected chi connectivity index (χ4v) is 5.41. The minimum Gasteiger partial charge on any atom is -0.480 e. The van der Waals surface area contributed by atoms with Crippen molar-refractivity contribution >= 4 is 53.3 Å². The molecule has 0 aliphatic rings. The minimum atomic E-state index is -1.77. The zero-order chi connectivity index (χ0) is 44.7. The molecule has 7 amide bonds. The monoisotopic (exact) mass is 836 g/mol. The van der Waals surface area contributed by atoms with E-state index in [9.17, 15) is 53.7 Å². The number of carbonyl (C=O) groups excluding carboxylic acids is 7. The molecule has 0 bridgehead atoms. The summed E-state index contributed by atoms with van der Waals surface area (Å²) in [5.41, 5.74) is 28.2. The molecule has 7 atom stereocenters. The summed E-state index contributed by atoms with van der Waals surface area (Å²) in [6.45, 7) is 1.70. The van der Waals surface area contributed by atoms with Gasteiger partial charge in [-0.3, -0.25) is 38.6 Å². The normalized spacial score (nSPS) is 14.5. The maximum Gasteiger partial charge on any atom is 0.328 e. The second kappa shape index (κ2) is 26.9. The molecule has 1 rings (SSSR count). The zero-order valence-corrected chi connectivity index (χ0v) is 33.2. The van der Waals surface area contributed by atoms with Gasteiger partial charge in [0.05, 0.1) is 25.7 Å². The van der Waals surface area contributed by atoms with E-state index in [-0.39, 0.29) is 31.8 Å². The van der Waals surface area contributed by atoms with Gasteiger partial charge in [-0.1, -0.05) is 50.6 Å². The summed E-state index contributed by atoms with van der Waals surface area (Å²) in [5.74, 6) is -9.06. The van der Waals surface area contributed by atoms with E-state index in [0.717, 1.165) is 0 Å². The van der Waals surface area contributed by atoms with Crippen molar-refractivity contribution in [1.29, 1.82) is 0 Å². The van der Waals surface area contributed by atoms with Crippen LogP contribution in [0.25, 0.3) is 0 Å². The quantitative estimate of drug-likeness (QED) is 0.0212. The minimum absolute atomic E-state index is 0.00984. The average molecular weight is 837 g/mol. The summed E-state index contributed by atoms with van der Waals surface area (Å²) in [5, 5.41) is 43.0. The van der Waals surface area contributed by atoms with Gasteiger partial charge in [0.1, 0.15) is 36.3 Å². The number of nitrogens with two attached hydrogens (primary N) is 5. The molecule has 0 aromatic heterocycles. The SMILES string of the molecule is CC(C)[C@H](NC(=O)[C@@H](N)CCCCN)C(=O)N[C@@H](CO)C(=O)N[C@@H](CC(N)=O)C(=O)N[C@@H](CCCN=C(N)N)C(=O)N[C@@H](Cc1ccccc1)C(=O)N[C@@H](CO)C(=O)O. The van der Waals surface area contributed by atoms with Crippen molar-refractivity contribution in [2.24, 2.45) is 39.6 Å². The number of benzene rings is 1. The molecule has 59 heavy (non-hydrogen) atoms. The molecule has 0 radical (unpaired) electrons. The summed E-state index contributed by atoms with van der Waals surface area (Å²) in [4.78, 5) is 107. The van der Waals surface area contributed by atoms with Gasteiger partial charge in [0.15, 0.2) is 5.96 Å². The van der Waals surface area contributed by atoms with Crippen LogP contribution in [0.5, 0.6) is 0 Å². The molecule has 23 heteroatoms. The van der Waals surface area contributed by atoms with E-state index in [2.05, 4.69) is 36.9 Å². The molecule has 19 N–H and O–H groups in total. The number of guanidine groups is 1. The molecular formula is C36H60N12O11. The van der Waals surface area contributed by atoms with Gasteiger partial charge in [0.2, 0.25) is 41.4 Å². The van der Waals surface area contributed by atoms with E-state index in [0.29, 0.717) is 31.4 Å². The Labute approximate surface area is 341 Å². The van der Waals surface area contributed by atoms with E-state index in [1.165, 1.54) is 0 Å². The third-order valence-corrected chi connectivity index (χ3v) is 8.70. The number of hydrogen-bond acceptors (Lipinski definition) is 13. The van der Waals surface area contributed by atoms with Gasteiger partial charge in [-0.05, 0) is 43.7 Å². The number of nitrogens with zero attached hydrogens (tertiary/aromatic N) is 1. The van der Waals surface area contributed by atoms with Crippen LogP contribution in [-0.2, 0) is 44.8 Å². The van der Waals surface area contributed by atoms with Crippen LogP contribution >= 0.6 is 0 Å². The Morgan fingerprint density at radius 1 is 0.644 bits per heavy atom. The lowest BCUT2D eigenvalue weighted by atomic mass is 10.0. The second-order valence-corrected chi connectivity index (χ2v) is 13.9. The number of aliphatic carboxylic acids is 1. The number of carbonyl (C=O) groups is 8. The standard InChI is InChI=1S/C36H60N12O11/c1-19(2)28(48-29(52)21(38)11-6-7-13-37)34(57)46-25(17-49)33(56)45-24(16-27(39)51)32(55)43-22(12-8-14-42-36(40)41)30(53)44-23(15-20-9-4-3-5-10-20)31(54)47-26(18-50)35(58)59/h3-5,9-10,19,21-26,28,49-50H,6-8,11-18,37-38H2,1-2H3,(H2,39,51)(H,43,55)(H,44,53)(H,45,56)(H,46,57)(H,47,54)(H,48,52)(H,58,59)(H4,40,41,42)/t21-,22-,23-,24-,25-,26-,28-/m0/s1. The fraction of sp³-hybridized carbons (Fsp3) is 0.583. The first-order valence-electron chi connectivity index (χ1n) is 18.9. The van der Waals surface area contributed by atoms with Gasteiger partial charge in [-0.25, -0.2) is 4.79 Å². The molecular weight excluding hydrogens is 776 g/mol. The second-order valence-electron chi connectivity index (χ2n) is 13.9. The third-order valence-electron chi connectivity index (χ3n) is 8.70. The van der Waals surface area contributed by atoms with Gasteiger partial charge in [-0.15, -0.1) is 0 Å². The first-order valence-corrected chi connectivity index (χ1v) is 18.9. The molecule has 0 saturated carbocycles. The third kappa shape index (κ3) is 19.4. The smallest absolute Gasteiger partial charge is 0.328 e. The van der Waals surface area contributed by atoms with Crippen molar-refractivity contribution < 1.29 is 53.7 Å². The molecule has 0 heterocycles. The molecule has 1 aromatic rings. The number of amides is 7. The van der Waals surface area contributed by atoms with Gasteiger partial charge < -0.3 is 75.9 Å². The van der Waals surface area contributed by atoms with Crippen molar-refractivity contribution in [2.75, 3.05) is 26.3 Å². The summed E-state index contributed by atoms with van der Waals surface area (Å²) < 4.78 is 0. The molecule has 23 nitrogen and oxygen atoms in total. The summed E-state index contributed by atoms with van der Waals surface area (Å²) in [6, 6.07) is -1.93. The maximum absolute atomic E-state index is 13.8. The molecule has 1 aromatic carbocycles. The van der Waals surface area contributed by atoms with Crippen LogP contribution in [0.2, 0.25) is 0 Å². The average Bonchev–Trinajstić information content (AvgIpc) is 3.17. The van der Waals surface area contributed by atoms with Gasteiger partial charge >= 0.3 is 5.97 Å². The number of aliphatic hydroxyl groups is 2. The highest BCUT2D eigenvalue weighted by atomic mass is 16.4. The Kier molecular flexibility index (Phi) is 23.3. The number of unbranched alkanes of at least 4 members (excludes halogenated alkanes) is 1. The Bertz CT molecular complexity index is 1590. The number of rotatable bonds is 28. The Hall–Kier alpha value is -5.91. The van der Waals surface area contributed by atoms with E-state index < -0.39 is 115 Å². The Morgan fingerprint density at radius 2 is 1.17 bits per heavy atom. The molecule has 0 saturated heterocycles. The predicted molar refractivity (Wildman–Crippen MR) is 213 cm³/mol. The van der Waals surface area contributed by atoms with Crippen LogP contribution < -0.4 is 60.6 Å².